The fraction of sp³-hybridized carbons (Fsp3) is 0.316. The van der Waals surface area contributed by atoms with Crippen LogP contribution >= 0.6 is 11.8 Å². The third-order valence-electron chi connectivity index (χ3n) is 4.13. The van der Waals surface area contributed by atoms with Crippen molar-refractivity contribution >= 4 is 11.8 Å². The first-order chi connectivity index (χ1) is 11.2. The van der Waals surface area contributed by atoms with Crippen LogP contribution in [-0.4, -0.2) is 17.0 Å². The van der Waals surface area contributed by atoms with Crippen molar-refractivity contribution in [1.82, 2.24) is 0 Å². The fourth-order valence-corrected chi connectivity index (χ4v) is 3.32. The summed E-state index contributed by atoms with van der Waals surface area (Å²) in [6.07, 6.45) is 0. The van der Waals surface area contributed by atoms with E-state index >= 15 is 0 Å². The standard InChI is InChI=1S/C19H21F2O2S/c1-18(2,24-12-13-5-8-15(23-4)9-6-13)19(3,22)16-10-7-14(20)11-17(16)21/h5-11,22H,3,12H2,1-2,4H3. The summed E-state index contributed by atoms with van der Waals surface area (Å²) in [5.74, 6) is -0.108. The molecule has 1 atom stereocenters. The normalized spacial score (nSPS) is 14.3. The number of benzene rings is 2. The number of aliphatic hydroxyl groups is 1. The van der Waals surface area contributed by atoms with Gasteiger partial charge in [0.1, 0.15) is 23.0 Å². The van der Waals surface area contributed by atoms with Crippen molar-refractivity contribution in [2.75, 3.05) is 7.11 Å². The lowest BCUT2D eigenvalue weighted by molar-refractivity contribution is 0.0501. The van der Waals surface area contributed by atoms with E-state index in [1.807, 2.05) is 24.3 Å². The van der Waals surface area contributed by atoms with Crippen molar-refractivity contribution in [3.63, 3.8) is 0 Å². The number of halogens is 2. The van der Waals surface area contributed by atoms with Crippen molar-refractivity contribution in [3.05, 3.63) is 72.1 Å². The second-order valence-electron chi connectivity index (χ2n) is 6.13. The van der Waals surface area contributed by atoms with Gasteiger partial charge in [-0.1, -0.05) is 18.2 Å². The number of hydrogen-bond acceptors (Lipinski definition) is 3. The van der Waals surface area contributed by atoms with Crippen LogP contribution in [0.5, 0.6) is 5.75 Å². The van der Waals surface area contributed by atoms with Gasteiger partial charge >= 0.3 is 0 Å². The van der Waals surface area contributed by atoms with E-state index in [4.69, 9.17) is 4.74 Å². The largest absolute Gasteiger partial charge is 0.497 e. The van der Waals surface area contributed by atoms with Crippen LogP contribution < -0.4 is 4.74 Å². The Kier molecular flexibility index (Phi) is 5.56. The first-order valence-corrected chi connectivity index (χ1v) is 8.46. The monoisotopic (exact) mass is 351 g/mol. The molecule has 2 rings (SSSR count). The average molecular weight is 351 g/mol. The van der Waals surface area contributed by atoms with Crippen LogP contribution in [0.15, 0.2) is 42.5 Å². The van der Waals surface area contributed by atoms with Crippen LogP contribution in [0, 0.1) is 18.6 Å². The molecule has 0 saturated heterocycles. The molecule has 1 N–H and O–H groups in total. The molecule has 2 nitrogen and oxygen atoms in total. The second-order valence-corrected chi connectivity index (χ2v) is 7.73. The molecule has 1 unspecified atom stereocenters. The Morgan fingerprint density at radius 3 is 2.29 bits per heavy atom. The number of hydrogen-bond donors (Lipinski definition) is 1. The number of ether oxygens (including phenoxy) is 1. The maximum atomic E-state index is 14.1. The number of rotatable bonds is 6. The van der Waals surface area contributed by atoms with E-state index in [1.165, 1.54) is 17.8 Å². The van der Waals surface area contributed by atoms with Gasteiger partial charge in [-0.3, -0.25) is 0 Å². The predicted octanol–water partition coefficient (Wildman–Crippen LogP) is 4.71. The van der Waals surface area contributed by atoms with Crippen molar-refractivity contribution in [1.29, 1.82) is 0 Å². The summed E-state index contributed by atoms with van der Waals surface area (Å²) >= 11 is 1.45. The van der Waals surface area contributed by atoms with Gasteiger partial charge in [0.25, 0.3) is 0 Å². The van der Waals surface area contributed by atoms with Crippen LogP contribution in [0.3, 0.4) is 0 Å². The third-order valence-corrected chi connectivity index (χ3v) is 5.67. The van der Waals surface area contributed by atoms with E-state index in [1.54, 1.807) is 21.0 Å². The Labute approximate surface area is 145 Å². The topological polar surface area (TPSA) is 29.5 Å². The lowest BCUT2D eigenvalue weighted by Gasteiger charge is -2.40. The molecule has 2 aromatic carbocycles. The molecule has 0 heterocycles. The molecule has 0 spiro atoms. The molecule has 5 heteroatoms. The van der Waals surface area contributed by atoms with Gasteiger partial charge in [0.05, 0.1) is 7.11 Å². The maximum absolute atomic E-state index is 14.1. The highest BCUT2D eigenvalue weighted by Crippen LogP contribution is 2.44. The Hall–Kier alpha value is -1.59. The first-order valence-electron chi connectivity index (χ1n) is 7.47. The van der Waals surface area contributed by atoms with Gasteiger partial charge in [0, 0.05) is 22.1 Å². The first kappa shape index (κ1) is 18.7. The van der Waals surface area contributed by atoms with Crippen molar-refractivity contribution in [2.45, 2.75) is 29.9 Å². The zero-order valence-electron chi connectivity index (χ0n) is 14.0. The van der Waals surface area contributed by atoms with E-state index in [2.05, 4.69) is 6.92 Å². The molecule has 129 valence electrons. The molecule has 0 bridgehead atoms. The zero-order chi connectivity index (χ0) is 18.0. The summed E-state index contributed by atoms with van der Waals surface area (Å²) in [5, 5.41) is 10.8. The van der Waals surface area contributed by atoms with Gasteiger partial charge in [-0.15, -0.1) is 11.8 Å². The van der Waals surface area contributed by atoms with E-state index in [0.29, 0.717) is 5.75 Å². The maximum Gasteiger partial charge on any atom is 0.132 e. The average Bonchev–Trinajstić information content (AvgIpc) is 2.53. The Morgan fingerprint density at radius 1 is 1.12 bits per heavy atom. The van der Waals surface area contributed by atoms with E-state index in [9.17, 15) is 13.9 Å². The molecule has 1 radical (unpaired) electrons. The molecule has 0 aromatic heterocycles. The predicted molar refractivity (Wildman–Crippen MR) is 94.0 cm³/mol. The second kappa shape index (κ2) is 7.11. The van der Waals surface area contributed by atoms with Crippen LogP contribution in [0.1, 0.15) is 25.0 Å². The van der Waals surface area contributed by atoms with Gasteiger partial charge in [-0.25, -0.2) is 8.78 Å². The molecule has 2 aromatic rings. The highest BCUT2D eigenvalue weighted by Gasteiger charge is 2.43. The van der Waals surface area contributed by atoms with Crippen LogP contribution in [-0.2, 0) is 11.4 Å². The summed E-state index contributed by atoms with van der Waals surface area (Å²) in [6.45, 7) is 7.37. The molecule has 0 aliphatic heterocycles. The zero-order valence-corrected chi connectivity index (χ0v) is 14.8. The van der Waals surface area contributed by atoms with Gasteiger partial charge in [0.15, 0.2) is 0 Å². The molecular weight excluding hydrogens is 330 g/mol. The minimum atomic E-state index is -1.71. The summed E-state index contributed by atoms with van der Waals surface area (Å²) < 4.78 is 31.5. The molecular formula is C19H21F2O2S. The molecule has 0 amide bonds. The van der Waals surface area contributed by atoms with Gasteiger partial charge in [0.2, 0.25) is 0 Å². The SMILES string of the molecule is [CH2]C(O)(c1ccc(F)cc1F)C(C)(C)SCc1ccc(OC)cc1. The molecule has 0 aliphatic rings. The van der Waals surface area contributed by atoms with Gasteiger partial charge in [-0.05, 0) is 44.5 Å². The van der Waals surface area contributed by atoms with E-state index in [-0.39, 0.29) is 5.56 Å². The summed E-state index contributed by atoms with van der Waals surface area (Å²) in [7, 11) is 1.60. The number of thioether (sulfide) groups is 1. The minimum absolute atomic E-state index is 0.0175. The quantitative estimate of drug-likeness (QED) is 0.817. The van der Waals surface area contributed by atoms with E-state index < -0.39 is 22.0 Å². The van der Waals surface area contributed by atoms with Crippen LogP contribution in [0.2, 0.25) is 0 Å². The number of methoxy groups -OCH3 is 1. The molecule has 0 fully saturated rings. The molecule has 0 aliphatic carbocycles. The third kappa shape index (κ3) is 3.90. The van der Waals surface area contributed by atoms with Crippen LogP contribution in [0.4, 0.5) is 8.78 Å². The van der Waals surface area contributed by atoms with Crippen LogP contribution in [0.25, 0.3) is 0 Å². The van der Waals surface area contributed by atoms with Crippen molar-refractivity contribution in [2.24, 2.45) is 0 Å². The summed E-state index contributed by atoms with van der Waals surface area (Å²) in [5.41, 5.74) is -0.678. The Bertz CT molecular complexity index is 697. The van der Waals surface area contributed by atoms with Crippen molar-refractivity contribution in [3.8, 4) is 5.75 Å². The molecule has 24 heavy (non-hydrogen) atoms. The fourth-order valence-electron chi connectivity index (χ4n) is 2.25. The Morgan fingerprint density at radius 2 is 1.75 bits per heavy atom. The van der Waals surface area contributed by atoms with Crippen molar-refractivity contribution < 1.29 is 18.6 Å². The highest BCUT2D eigenvalue weighted by molar-refractivity contribution is 7.99. The summed E-state index contributed by atoms with van der Waals surface area (Å²) in [6, 6.07) is 10.7. The highest BCUT2D eigenvalue weighted by atomic mass is 32.2. The Balaban J connectivity index is 2.17. The van der Waals surface area contributed by atoms with Gasteiger partial charge < -0.3 is 9.84 Å². The lowest BCUT2D eigenvalue weighted by atomic mass is 9.84. The van der Waals surface area contributed by atoms with E-state index in [0.717, 1.165) is 23.4 Å². The minimum Gasteiger partial charge on any atom is -0.497 e. The lowest BCUT2D eigenvalue weighted by Crippen LogP contribution is -2.43. The van der Waals surface area contributed by atoms with Gasteiger partial charge in [-0.2, -0.15) is 0 Å². The molecule has 0 saturated carbocycles. The summed E-state index contributed by atoms with van der Waals surface area (Å²) in [4.78, 5) is 0. The smallest absolute Gasteiger partial charge is 0.132 e.